The Morgan fingerprint density at radius 2 is 1.45 bits per heavy atom. The van der Waals surface area contributed by atoms with Crippen LogP contribution in [0.2, 0.25) is 0 Å². The highest BCUT2D eigenvalue weighted by Gasteiger charge is 2.28. The van der Waals surface area contributed by atoms with Gasteiger partial charge in [-0.05, 0) is 19.4 Å². The molecule has 0 saturated carbocycles. The number of nitrogens with one attached hydrogen (secondary N) is 2. The number of amides is 2. The summed E-state index contributed by atoms with van der Waals surface area (Å²) in [7, 11) is 0. The van der Waals surface area contributed by atoms with Crippen LogP contribution in [0, 0.1) is 0 Å². The van der Waals surface area contributed by atoms with Crippen LogP contribution in [0.3, 0.4) is 0 Å². The van der Waals surface area contributed by atoms with Gasteiger partial charge in [-0.25, -0.2) is 9.59 Å². The van der Waals surface area contributed by atoms with Crippen molar-refractivity contribution < 1.29 is 19.1 Å². The van der Waals surface area contributed by atoms with Gasteiger partial charge < -0.3 is 9.47 Å². The van der Waals surface area contributed by atoms with Crippen LogP contribution >= 0.6 is 0 Å². The molecule has 0 fully saturated rings. The number of rotatable bonds is 6. The first-order valence-corrected chi connectivity index (χ1v) is 10.4. The van der Waals surface area contributed by atoms with E-state index in [1.165, 1.54) is 0 Å². The fourth-order valence-electron chi connectivity index (χ4n) is 3.33. The van der Waals surface area contributed by atoms with E-state index in [-0.39, 0.29) is 19.0 Å². The number of nitrogens with zero attached hydrogens (tertiary/aromatic N) is 4. The van der Waals surface area contributed by atoms with Crippen molar-refractivity contribution in [1.29, 1.82) is 0 Å². The fraction of sp³-hybridized carbons (Fsp3) is 0.174. The number of benzene rings is 2. The number of anilines is 1. The molecule has 2 N–H and O–H groups in total. The van der Waals surface area contributed by atoms with Crippen LogP contribution in [0.25, 0.3) is 33.4 Å². The van der Waals surface area contributed by atoms with E-state index >= 15 is 0 Å². The zero-order valence-corrected chi connectivity index (χ0v) is 18.1. The zero-order valence-electron chi connectivity index (χ0n) is 18.1. The van der Waals surface area contributed by atoms with Crippen LogP contribution in [-0.2, 0) is 9.47 Å². The summed E-state index contributed by atoms with van der Waals surface area (Å²) in [5.74, 6) is 0.261. The molecule has 0 aliphatic rings. The second-order valence-corrected chi connectivity index (χ2v) is 6.80. The van der Waals surface area contributed by atoms with Crippen LogP contribution in [0.1, 0.15) is 13.8 Å². The molecule has 0 bridgehead atoms. The third-order valence-corrected chi connectivity index (χ3v) is 4.71. The number of imide groups is 1. The number of carbonyl (C=O) groups excluding carboxylic acids is 2. The summed E-state index contributed by atoms with van der Waals surface area (Å²) in [6.07, 6.45) is -1.82. The van der Waals surface area contributed by atoms with Crippen molar-refractivity contribution in [3.8, 4) is 22.4 Å². The molecule has 0 radical (unpaired) electrons. The molecular weight excluding hydrogens is 424 g/mol. The Bertz CT molecular complexity index is 1240. The van der Waals surface area contributed by atoms with Crippen molar-refractivity contribution in [3.63, 3.8) is 0 Å². The van der Waals surface area contributed by atoms with Crippen molar-refractivity contribution in [2.45, 2.75) is 13.8 Å². The Labute approximate surface area is 189 Å². The van der Waals surface area contributed by atoms with E-state index in [0.717, 1.165) is 16.7 Å². The van der Waals surface area contributed by atoms with Gasteiger partial charge in [-0.2, -0.15) is 5.10 Å². The van der Waals surface area contributed by atoms with Crippen molar-refractivity contribution in [3.05, 3.63) is 60.7 Å². The second-order valence-electron chi connectivity index (χ2n) is 6.80. The summed E-state index contributed by atoms with van der Waals surface area (Å²) >= 11 is 0. The lowest BCUT2D eigenvalue weighted by Crippen LogP contribution is -2.42. The number of hydrogen-bond donors (Lipinski definition) is 2. The van der Waals surface area contributed by atoms with Gasteiger partial charge in [-0.3, -0.25) is 10.5 Å². The number of aromatic amines is 1. The van der Waals surface area contributed by atoms with Gasteiger partial charge in [-0.15, -0.1) is 15.2 Å². The third-order valence-electron chi connectivity index (χ3n) is 4.71. The van der Waals surface area contributed by atoms with Crippen molar-refractivity contribution in [2.75, 3.05) is 18.6 Å². The highest BCUT2D eigenvalue weighted by atomic mass is 16.6. The maximum Gasteiger partial charge on any atom is 0.438 e. The first kappa shape index (κ1) is 21.8. The molecule has 33 heavy (non-hydrogen) atoms. The van der Waals surface area contributed by atoms with Crippen LogP contribution in [-0.4, -0.2) is 50.8 Å². The lowest BCUT2D eigenvalue weighted by Gasteiger charge is -2.20. The summed E-state index contributed by atoms with van der Waals surface area (Å²) in [6.45, 7) is 3.45. The Balaban J connectivity index is 1.90. The van der Waals surface area contributed by atoms with Gasteiger partial charge in [0.2, 0.25) is 5.65 Å². The summed E-state index contributed by atoms with van der Waals surface area (Å²) in [4.78, 5) is 24.9. The molecule has 2 heterocycles. The highest BCUT2D eigenvalue weighted by molar-refractivity contribution is 6.06. The number of carbonyl (C=O) groups is 2. The number of fused-ring (bicyclic) bond motifs is 1. The van der Waals surface area contributed by atoms with E-state index in [9.17, 15) is 9.59 Å². The molecular formula is C23H22N6O4. The number of aromatic nitrogens is 4. The maximum atomic E-state index is 12.4. The van der Waals surface area contributed by atoms with Gasteiger partial charge in [-0.1, -0.05) is 60.7 Å². The van der Waals surface area contributed by atoms with Gasteiger partial charge in [0.1, 0.15) is 5.69 Å². The largest absolute Gasteiger partial charge is 0.448 e. The zero-order chi connectivity index (χ0) is 23.2. The molecule has 4 aromatic rings. The van der Waals surface area contributed by atoms with E-state index in [1.807, 2.05) is 60.7 Å². The SMILES string of the molecule is CCOC(=O)N(Nc1[nH]nc2nnc(-c3ccccc3)c(-c3ccccc3)c12)C(=O)OCC. The standard InChI is InChI=1S/C23H22N6O4/c1-3-32-22(30)29(23(31)33-4-2)28-21-18-17(15-11-7-5-8-12-15)19(16-13-9-6-10-14-16)24-25-20(18)26-27-21/h5-14H,3-4H2,1-2H3,(H2,25,26,27,28). The Kier molecular flexibility index (Phi) is 6.44. The maximum absolute atomic E-state index is 12.4. The number of H-pyrrole nitrogens is 1. The predicted molar refractivity (Wildman–Crippen MR) is 122 cm³/mol. The fourth-order valence-corrected chi connectivity index (χ4v) is 3.33. The van der Waals surface area contributed by atoms with Crippen molar-refractivity contribution in [2.24, 2.45) is 0 Å². The average Bonchev–Trinajstić information content (AvgIpc) is 3.26. The molecule has 0 unspecified atom stereocenters. The Hall–Kier alpha value is -4.47. The van der Waals surface area contributed by atoms with Crippen LogP contribution in [0.5, 0.6) is 0 Å². The Morgan fingerprint density at radius 1 is 0.879 bits per heavy atom. The predicted octanol–water partition coefficient (Wildman–Crippen LogP) is 4.63. The van der Waals surface area contributed by atoms with E-state index in [1.54, 1.807) is 13.8 Å². The third kappa shape index (κ3) is 4.45. The van der Waals surface area contributed by atoms with Gasteiger partial charge >= 0.3 is 12.2 Å². The molecule has 0 aliphatic heterocycles. The summed E-state index contributed by atoms with van der Waals surface area (Å²) in [5, 5.41) is 16.9. The summed E-state index contributed by atoms with van der Waals surface area (Å²) in [5.41, 5.74) is 6.14. The topological polar surface area (TPSA) is 122 Å². The lowest BCUT2D eigenvalue weighted by molar-refractivity contribution is 0.0890. The van der Waals surface area contributed by atoms with Gasteiger partial charge in [0.25, 0.3) is 0 Å². The lowest BCUT2D eigenvalue weighted by atomic mass is 9.97. The number of hydrazine groups is 1. The molecule has 0 saturated heterocycles. The first-order chi connectivity index (χ1) is 16.1. The van der Waals surface area contributed by atoms with E-state index < -0.39 is 12.2 Å². The summed E-state index contributed by atoms with van der Waals surface area (Å²) in [6, 6.07) is 19.2. The van der Waals surface area contributed by atoms with Crippen LogP contribution in [0.4, 0.5) is 15.4 Å². The molecule has 0 aliphatic carbocycles. The normalized spacial score (nSPS) is 10.6. The van der Waals surface area contributed by atoms with Gasteiger partial charge in [0.05, 0.1) is 18.6 Å². The van der Waals surface area contributed by atoms with Crippen molar-refractivity contribution in [1.82, 2.24) is 25.4 Å². The molecule has 168 valence electrons. The molecule has 2 aromatic carbocycles. The minimum absolute atomic E-state index is 0.0824. The molecule has 10 heteroatoms. The second kappa shape index (κ2) is 9.77. The number of ether oxygens (including phenoxy) is 2. The first-order valence-electron chi connectivity index (χ1n) is 10.4. The van der Waals surface area contributed by atoms with Gasteiger partial charge in [0, 0.05) is 11.1 Å². The van der Waals surface area contributed by atoms with E-state index in [2.05, 4.69) is 25.8 Å². The van der Waals surface area contributed by atoms with E-state index in [4.69, 9.17) is 9.47 Å². The minimum Gasteiger partial charge on any atom is -0.448 e. The average molecular weight is 446 g/mol. The quantitative estimate of drug-likeness (QED) is 0.411. The van der Waals surface area contributed by atoms with E-state index in [0.29, 0.717) is 21.7 Å². The molecule has 2 amide bonds. The van der Waals surface area contributed by atoms with Crippen LogP contribution < -0.4 is 5.43 Å². The molecule has 10 nitrogen and oxygen atoms in total. The monoisotopic (exact) mass is 446 g/mol. The minimum atomic E-state index is -0.912. The van der Waals surface area contributed by atoms with Gasteiger partial charge in [0.15, 0.2) is 5.82 Å². The molecule has 4 rings (SSSR count). The number of hydrogen-bond acceptors (Lipinski definition) is 8. The smallest absolute Gasteiger partial charge is 0.438 e. The Morgan fingerprint density at radius 3 is 2.03 bits per heavy atom. The van der Waals surface area contributed by atoms with Crippen molar-refractivity contribution >= 4 is 29.0 Å². The summed E-state index contributed by atoms with van der Waals surface area (Å²) < 4.78 is 10.0. The molecule has 0 atom stereocenters. The molecule has 2 aromatic heterocycles. The molecule has 0 spiro atoms. The highest BCUT2D eigenvalue weighted by Crippen LogP contribution is 2.38. The van der Waals surface area contributed by atoms with Crippen LogP contribution in [0.15, 0.2) is 60.7 Å².